The highest BCUT2D eigenvalue weighted by Crippen LogP contribution is 2.54. The normalized spacial score (nSPS) is 16.7. The minimum Gasteiger partial charge on any atom is -0.388 e. The van der Waals surface area contributed by atoms with Crippen LogP contribution in [-0.4, -0.2) is 27.3 Å². The van der Waals surface area contributed by atoms with E-state index < -0.39 is 6.10 Å². The predicted molar refractivity (Wildman–Crippen MR) is 92.7 cm³/mol. The van der Waals surface area contributed by atoms with Gasteiger partial charge in [-0.05, 0) is 25.3 Å². The highest BCUT2D eigenvalue weighted by atomic mass is 35.5. The Hall–Kier alpha value is -1.85. The Bertz CT molecular complexity index is 738. The van der Waals surface area contributed by atoms with Crippen LogP contribution < -0.4 is 5.32 Å². The third kappa shape index (κ3) is 3.32. The van der Waals surface area contributed by atoms with Crippen LogP contribution in [0.25, 0.3) is 0 Å². The summed E-state index contributed by atoms with van der Waals surface area (Å²) in [5.41, 5.74) is 2.17. The predicted octanol–water partition coefficient (Wildman–Crippen LogP) is 2.55. The number of aliphatic hydroxyl groups is 1. The minimum absolute atomic E-state index is 0.0977. The molecule has 0 aliphatic heterocycles. The van der Waals surface area contributed by atoms with Crippen LogP contribution in [0.15, 0.2) is 30.3 Å². The number of nitrogens with zero attached hydrogens (tertiary/aromatic N) is 2. The second-order valence-electron chi connectivity index (χ2n) is 6.61. The van der Waals surface area contributed by atoms with Crippen LogP contribution in [0.1, 0.15) is 35.8 Å². The average molecular weight is 348 g/mol. The fraction of sp³-hybridized carbons (Fsp3) is 0.444. The van der Waals surface area contributed by atoms with E-state index in [1.165, 1.54) is 0 Å². The number of aromatic nitrogens is 2. The zero-order valence-corrected chi connectivity index (χ0v) is 14.7. The highest BCUT2D eigenvalue weighted by Gasteiger charge is 2.49. The lowest BCUT2D eigenvalue weighted by molar-refractivity contribution is -0.120. The molecular weight excluding hydrogens is 326 g/mol. The van der Waals surface area contributed by atoms with E-state index in [4.69, 9.17) is 11.6 Å². The van der Waals surface area contributed by atoms with E-state index in [0.717, 1.165) is 29.7 Å². The zero-order chi connectivity index (χ0) is 17.3. The summed E-state index contributed by atoms with van der Waals surface area (Å²) in [5, 5.41) is 18.3. The molecule has 2 aromatic rings. The number of aliphatic hydroxyl groups excluding tert-OH is 1. The molecule has 128 valence electrons. The van der Waals surface area contributed by atoms with Crippen molar-refractivity contribution in [2.45, 2.75) is 32.3 Å². The van der Waals surface area contributed by atoms with Gasteiger partial charge in [-0.3, -0.25) is 9.48 Å². The first kappa shape index (κ1) is 17.0. The molecule has 1 saturated carbocycles. The summed E-state index contributed by atoms with van der Waals surface area (Å²) in [7, 11) is 1.76. The van der Waals surface area contributed by atoms with Gasteiger partial charge in [-0.2, -0.15) is 5.10 Å². The monoisotopic (exact) mass is 347 g/mol. The molecule has 1 aromatic heterocycles. The van der Waals surface area contributed by atoms with Crippen molar-refractivity contribution in [2.75, 3.05) is 6.54 Å². The van der Waals surface area contributed by atoms with E-state index in [1.807, 2.05) is 37.3 Å². The lowest BCUT2D eigenvalue weighted by atomic mass is 9.92. The number of benzene rings is 1. The number of carbonyl (C=O) groups is 1. The molecule has 24 heavy (non-hydrogen) atoms. The molecular formula is C18H22ClN3O2. The van der Waals surface area contributed by atoms with Crippen molar-refractivity contribution in [2.24, 2.45) is 12.5 Å². The first-order valence-electron chi connectivity index (χ1n) is 8.11. The van der Waals surface area contributed by atoms with Gasteiger partial charge in [0.2, 0.25) is 5.91 Å². The average Bonchev–Trinajstić information content (AvgIpc) is 3.34. The van der Waals surface area contributed by atoms with E-state index >= 15 is 0 Å². The summed E-state index contributed by atoms with van der Waals surface area (Å²) >= 11 is 6.17. The van der Waals surface area contributed by atoms with E-state index in [-0.39, 0.29) is 17.7 Å². The Morgan fingerprint density at radius 2 is 2.08 bits per heavy atom. The largest absolute Gasteiger partial charge is 0.388 e. The van der Waals surface area contributed by atoms with Crippen molar-refractivity contribution >= 4 is 17.5 Å². The maximum Gasteiger partial charge on any atom is 0.224 e. The summed E-state index contributed by atoms with van der Waals surface area (Å²) in [6.45, 7) is 2.31. The Morgan fingerprint density at radius 1 is 1.42 bits per heavy atom. The molecule has 6 heteroatoms. The van der Waals surface area contributed by atoms with Gasteiger partial charge >= 0.3 is 0 Å². The Labute approximate surface area is 146 Å². The first-order valence-corrected chi connectivity index (χ1v) is 8.48. The van der Waals surface area contributed by atoms with Gasteiger partial charge in [0.25, 0.3) is 0 Å². The molecule has 1 amide bonds. The molecule has 1 aliphatic rings. The number of nitrogens with one attached hydrogen (secondary N) is 1. The van der Waals surface area contributed by atoms with Crippen LogP contribution in [0.3, 0.4) is 0 Å². The molecule has 0 spiro atoms. The molecule has 0 saturated heterocycles. The third-order valence-electron chi connectivity index (χ3n) is 4.83. The standard InChI is InChI=1S/C18H22ClN3O2/c1-12-14(17(19)22(2)21-12)10-15(23)20-11-18(8-9-18)16(24)13-6-4-3-5-7-13/h3-7,16,24H,8-11H2,1-2H3,(H,20,23). The topological polar surface area (TPSA) is 67.2 Å². The van der Waals surface area contributed by atoms with Gasteiger partial charge in [0.1, 0.15) is 5.15 Å². The number of amides is 1. The maximum absolute atomic E-state index is 12.3. The number of rotatable bonds is 6. The number of hydrogen-bond acceptors (Lipinski definition) is 3. The van der Waals surface area contributed by atoms with Gasteiger partial charge in [0, 0.05) is 24.6 Å². The molecule has 1 heterocycles. The van der Waals surface area contributed by atoms with Crippen LogP contribution in [-0.2, 0) is 18.3 Å². The van der Waals surface area contributed by atoms with Crippen molar-refractivity contribution in [1.82, 2.24) is 15.1 Å². The van der Waals surface area contributed by atoms with Crippen LogP contribution in [0.2, 0.25) is 5.15 Å². The van der Waals surface area contributed by atoms with Crippen LogP contribution in [0.5, 0.6) is 0 Å². The fourth-order valence-corrected chi connectivity index (χ4v) is 3.31. The highest BCUT2D eigenvalue weighted by molar-refractivity contribution is 6.30. The van der Waals surface area contributed by atoms with Crippen molar-refractivity contribution in [3.8, 4) is 0 Å². The van der Waals surface area contributed by atoms with E-state index in [1.54, 1.807) is 11.7 Å². The summed E-state index contributed by atoms with van der Waals surface area (Å²) < 4.78 is 1.57. The van der Waals surface area contributed by atoms with Gasteiger partial charge in [-0.1, -0.05) is 41.9 Å². The van der Waals surface area contributed by atoms with Crippen LogP contribution in [0, 0.1) is 12.3 Å². The summed E-state index contributed by atoms with van der Waals surface area (Å²) in [6.07, 6.45) is 1.48. The molecule has 0 bridgehead atoms. The van der Waals surface area contributed by atoms with Gasteiger partial charge < -0.3 is 10.4 Å². The number of halogens is 1. The SMILES string of the molecule is Cc1nn(C)c(Cl)c1CC(=O)NCC1(C(O)c2ccccc2)CC1. The summed E-state index contributed by atoms with van der Waals surface area (Å²) in [6, 6.07) is 9.61. The number of carbonyl (C=O) groups excluding carboxylic acids is 1. The smallest absolute Gasteiger partial charge is 0.224 e. The van der Waals surface area contributed by atoms with Crippen molar-refractivity contribution in [1.29, 1.82) is 0 Å². The lowest BCUT2D eigenvalue weighted by Gasteiger charge is -2.23. The van der Waals surface area contributed by atoms with E-state index in [2.05, 4.69) is 10.4 Å². The van der Waals surface area contributed by atoms with E-state index in [0.29, 0.717) is 11.7 Å². The molecule has 5 nitrogen and oxygen atoms in total. The Morgan fingerprint density at radius 3 is 2.62 bits per heavy atom. The van der Waals surface area contributed by atoms with Crippen molar-refractivity contribution in [3.05, 3.63) is 52.3 Å². The van der Waals surface area contributed by atoms with Gasteiger partial charge in [-0.15, -0.1) is 0 Å². The Kier molecular flexibility index (Phi) is 4.65. The second kappa shape index (κ2) is 6.57. The zero-order valence-electron chi connectivity index (χ0n) is 13.9. The minimum atomic E-state index is -0.553. The molecule has 1 atom stereocenters. The molecule has 3 rings (SSSR count). The fourth-order valence-electron chi connectivity index (χ4n) is 3.07. The first-order chi connectivity index (χ1) is 11.4. The number of hydrogen-bond donors (Lipinski definition) is 2. The Balaban J connectivity index is 1.60. The molecule has 1 unspecified atom stereocenters. The summed E-state index contributed by atoms with van der Waals surface area (Å²) in [4.78, 5) is 12.3. The molecule has 1 aromatic carbocycles. The van der Waals surface area contributed by atoms with Gasteiger partial charge in [-0.25, -0.2) is 0 Å². The van der Waals surface area contributed by atoms with E-state index in [9.17, 15) is 9.90 Å². The molecule has 0 radical (unpaired) electrons. The van der Waals surface area contributed by atoms with Crippen molar-refractivity contribution in [3.63, 3.8) is 0 Å². The number of aryl methyl sites for hydroxylation is 2. The molecule has 1 fully saturated rings. The lowest BCUT2D eigenvalue weighted by Crippen LogP contribution is -2.34. The molecule has 2 N–H and O–H groups in total. The molecule has 1 aliphatic carbocycles. The van der Waals surface area contributed by atoms with Gasteiger partial charge in [0.15, 0.2) is 0 Å². The maximum atomic E-state index is 12.3. The summed E-state index contributed by atoms with van der Waals surface area (Å²) in [5.74, 6) is -0.0977. The van der Waals surface area contributed by atoms with Gasteiger partial charge in [0.05, 0.1) is 18.2 Å². The second-order valence-corrected chi connectivity index (χ2v) is 6.97. The van der Waals surface area contributed by atoms with Crippen LogP contribution >= 0.6 is 11.6 Å². The third-order valence-corrected chi connectivity index (χ3v) is 5.31. The quantitative estimate of drug-likeness (QED) is 0.844. The van der Waals surface area contributed by atoms with Crippen LogP contribution in [0.4, 0.5) is 0 Å². The van der Waals surface area contributed by atoms with Crippen molar-refractivity contribution < 1.29 is 9.90 Å².